The lowest BCUT2D eigenvalue weighted by Gasteiger charge is -2.04. The summed E-state index contributed by atoms with van der Waals surface area (Å²) in [7, 11) is 0. The van der Waals surface area contributed by atoms with Gasteiger partial charge in [-0.1, -0.05) is 29.3 Å². The Hall–Kier alpha value is -2.86. The Morgan fingerprint density at radius 3 is 2.79 bits per heavy atom. The fraction of sp³-hybridized carbons (Fsp3) is 0.118. The summed E-state index contributed by atoms with van der Waals surface area (Å²) in [6.45, 7) is 1.80. The average Bonchev–Trinajstić information content (AvgIpc) is 3.03. The number of benzene rings is 2. The van der Waals surface area contributed by atoms with Crippen LogP contribution in [0.25, 0.3) is 11.5 Å². The largest absolute Gasteiger partial charge is 0.484 e. The van der Waals surface area contributed by atoms with Crippen molar-refractivity contribution in [1.29, 1.82) is 0 Å². The number of nitrogens with zero attached hydrogens (tertiary/aromatic N) is 2. The summed E-state index contributed by atoms with van der Waals surface area (Å²) in [5, 5.41) is 6.86. The van der Waals surface area contributed by atoms with Gasteiger partial charge < -0.3 is 9.26 Å². The van der Waals surface area contributed by atoms with Gasteiger partial charge in [-0.05, 0) is 48.5 Å². The Morgan fingerprint density at radius 2 is 2.04 bits per heavy atom. The summed E-state index contributed by atoms with van der Waals surface area (Å²) in [5.41, 5.74) is 1.87. The molecule has 0 spiro atoms. The molecule has 2 aromatic carbocycles. The molecule has 1 heterocycles. The summed E-state index contributed by atoms with van der Waals surface area (Å²) in [6, 6.07) is 14.4. The molecule has 1 N–H and O–H groups in total. The van der Waals surface area contributed by atoms with Crippen molar-refractivity contribution in [2.75, 3.05) is 11.9 Å². The van der Waals surface area contributed by atoms with E-state index in [0.29, 0.717) is 16.7 Å². The number of aryl methyl sites for hydroxylation is 1. The smallest absolute Gasteiger partial charge is 0.270 e. The quantitative estimate of drug-likeness (QED) is 0.764. The van der Waals surface area contributed by atoms with Crippen LogP contribution >= 0.6 is 11.6 Å². The molecule has 7 heteroatoms. The van der Waals surface area contributed by atoms with Crippen molar-refractivity contribution >= 4 is 23.5 Å². The summed E-state index contributed by atoms with van der Waals surface area (Å²) in [4.78, 5) is 16.0. The van der Waals surface area contributed by atoms with E-state index in [1.165, 1.54) is 0 Å². The third kappa shape index (κ3) is 4.11. The highest BCUT2D eigenvalue weighted by atomic mass is 35.5. The first-order valence-electron chi connectivity index (χ1n) is 7.19. The van der Waals surface area contributed by atoms with Gasteiger partial charge in [0.25, 0.3) is 17.7 Å². The van der Waals surface area contributed by atoms with Crippen LogP contribution in [-0.4, -0.2) is 22.7 Å². The van der Waals surface area contributed by atoms with Gasteiger partial charge in [0.05, 0.1) is 0 Å². The molecule has 0 bridgehead atoms. The van der Waals surface area contributed by atoms with Crippen molar-refractivity contribution in [2.24, 2.45) is 0 Å². The molecule has 0 aliphatic rings. The van der Waals surface area contributed by atoms with Gasteiger partial charge in [-0.3, -0.25) is 10.1 Å². The van der Waals surface area contributed by atoms with E-state index in [0.717, 1.165) is 11.1 Å². The number of anilines is 1. The van der Waals surface area contributed by atoms with Crippen LogP contribution in [-0.2, 0) is 4.79 Å². The Kier molecular flexibility index (Phi) is 4.77. The maximum Gasteiger partial charge on any atom is 0.270 e. The predicted molar refractivity (Wildman–Crippen MR) is 90.0 cm³/mol. The number of hydrogen-bond donors (Lipinski definition) is 1. The van der Waals surface area contributed by atoms with Crippen LogP contribution in [0.5, 0.6) is 5.75 Å². The molecular formula is C17H14ClN3O3. The van der Waals surface area contributed by atoms with Crippen LogP contribution in [0.2, 0.25) is 5.02 Å². The number of halogens is 1. The van der Waals surface area contributed by atoms with Crippen molar-refractivity contribution < 1.29 is 14.1 Å². The molecule has 0 saturated carbocycles. The highest BCUT2D eigenvalue weighted by Gasteiger charge is 2.12. The number of nitrogens with one attached hydrogen (secondary N) is 1. The van der Waals surface area contributed by atoms with Crippen LogP contribution in [0.4, 0.5) is 5.95 Å². The van der Waals surface area contributed by atoms with Crippen LogP contribution in [0, 0.1) is 6.92 Å². The van der Waals surface area contributed by atoms with Gasteiger partial charge in [0.2, 0.25) is 0 Å². The van der Waals surface area contributed by atoms with E-state index >= 15 is 0 Å². The minimum absolute atomic E-state index is 0.0937. The second-order valence-corrected chi connectivity index (χ2v) is 5.52. The summed E-state index contributed by atoms with van der Waals surface area (Å²) in [6.07, 6.45) is 0. The number of rotatable bonds is 5. The molecule has 1 aromatic heterocycles. The molecule has 122 valence electrons. The molecule has 3 rings (SSSR count). The van der Waals surface area contributed by atoms with Crippen molar-refractivity contribution in [3.8, 4) is 17.2 Å². The Morgan fingerprint density at radius 1 is 1.25 bits per heavy atom. The summed E-state index contributed by atoms with van der Waals surface area (Å²) in [5.74, 6) is 0.591. The van der Waals surface area contributed by atoms with Gasteiger partial charge in [-0.15, -0.1) is 0 Å². The zero-order valence-electron chi connectivity index (χ0n) is 12.8. The highest BCUT2D eigenvalue weighted by molar-refractivity contribution is 6.30. The van der Waals surface area contributed by atoms with Gasteiger partial charge in [-0.2, -0.15) is 4.98 Å². The molecule has 0 atom stereocenters. The molecule has 6 nitrogen and oxygen atoms in total. The lowest BCUT2D eigenvalue weighted by Crippen LogP contribution is -2.20. The van der Waals surface area contributed by atoms with Crippen LogP contribution in [0.15, 0.2) is 53.1 Å². The zero-order chi connectivity index (χ0) is 16.9. The second kappa shape index (κ2) is 7.14. The van der Waals surface area contributed by atoms with Gasteiger partial charge in [-0.25, -0.2) is 0 Å². The number of carbonyl (C=O) groups excluding carboxylic acids is 1. The minimum atomic E-state index is -0.387. The molecule has 24 heavy (non-hydrogen) atoms. The Balaban J connectivity index is 1.58. The maximum absolute atomic E-state index is 11.9. The lowest BCUT2D eigenvalue weighted by molar-refractivity contribution is -0.118. The van der Waals surface area contributed by atoms with Crippen LogP contribution in [0.1, 0.15) is 5.56 Å². The number of carbonyl (C=O) groups is 1. The first-order chi connectivity index (χ1) is 11.6. The summed E-state index contributed by atoms with van der Waals surface area (Å²) < 4.78 is 10.5. The molecule has 0 fully saturated rings. The van der Waals surface area contributed by atoms with E-state index in [-0.39, 0.29) is 18.5 Å². The van der Waals surface area contributed by atoms with Gasteiger partial charge in [0.1, 0.15) is 5.75 Å². The van der Waals surface area contributed by atoms with Crippen molar-refractivity contribution in [1.82, 2.24) is 10.1 Å². The first-order valence-corrected chi connectivity index (χ1v) is 7.57. The van der Waals surface area contributed by atoms with E-state index < -0.39 is 0 Å². The molecule has 0 radical (unpaired) electrons. The number of hydrogen-bond acceptors (Lipinski definition) is 5. The fourth-order valence-corrected chi connectivity index (χ4v) is 2.14. The molecule has 0 unspecified atom stereocenters. The van der Waals surface area contributed by atoms with E-state index in [9.17, 15) is 4.79 Å². The topological polar surface area (TPSA) is 77.2 Å². The average molecular weight is 344 g/mol. The molecule has 0 aliphatic heterocycles. The number of ether oxygens (including phenoxy) is 1. The van der Waals surface area contributed by atoms with E-state index in [1.807, 2.05) is 31.2 Å². The Labute approximate surface area is 143 Å². The molecule has 3 aromatic rings. The minimum Gasteiger partial charge on any atom is -0.484 e. The molecular weight excluding hydrogens is 330 g/mol. The predicted octanol–water partition coefficient (Wildman–Crippen LogP) is 3.72. The summed E-state index contributed by atoms with van der Waals surface area (Å²) >= 11 is 5.78. The normalized spacial score (nSPS) is 10.4. The van der Waals surface area contributed by atoms with Crippen molar-refractivity contribution in [3.05, 3.63) is 59.1 Å². The molecule has 0 aliphatic carbocycles. The molecule has 1 amide bonds. The van der Waals surface area contributed by atoms with E-state index in [2.05, 4.69) is 15.5 Å². The molecule has 0 saturated heterocycles. The van der Waals surface area contributed by atoms with Gasteiger partial charge in [0.15, 0.2) is 6.61 Å². The SMILES string of the molecule is Cc1cccc(-c2nc(NC(=O)COc3ccc(Cl)cc3)no2)c1. The monoisotopic (exact) mass is 343 g/mol. The lowest BCUT2D eigenvalue weighted by atomic mass is 10.1. The third-order valence-electron chi connectivity index (χ3n) is 3.13. The van der Waals surface area contributed by atoms with Crippen molar-refractivity contribution in [3.63, 3.8) is 0 Å². The van der Waals surface area contributed by atoms with Crippen LogP contribution < -0.4 is 10.1 Å². The standard InChI is InChI=1S/C17H14ClN3O3/c1-11-3-2-4-12(9-11)16-20-17(21-24-16)19-15(22)10-23-14-7-5-13(18)6-8-14/h2-9H,10H2,1H3,(H,19,21,22). The van der Waals surface area contributed by atoms with Gasteiger partial charge in [0, 0.05) is 10.6 Å². The van der Waals surface area contributed by atoms with Crippen molar-refractivity contribution in [2.45, 2.75) is 6.92 Å². The maximum atomic E-state index is 11.9. The number of amides is 1. The van der Waals surface area contributed by atoms with Gasteiger partial charge >= 0.3 is 0 Å². The zero-order valence-corrected chi connectivity index (χ0v) is 13.6. The van der Waals surface area contributed by atoms with E-state index in [1.54, 1.807) is 24.3 Å². The number of aromatic nitrogens is 2. The third-order valence-corrected chi connectivity index (χ3v) is 3.38. The Bertz CT molecular complexity index is 846. The second-order valence-electron chi connectivity index (χ2n) is 5.08. The fourth-order valence-electron chi connectivity index (χ4n) is 2.01. The first kappa shape index (κ1) is 16.0. The van der Waals surface area contributed by atoms with E-state index in [4.69, 9.17) is 20.9 Å². The van der Waals surface area contributed by atoms with Crippen LogP contribution in [0.3, 0.4) is 0 Å². The highest BCUT2D eigenvalue weighted by Crippen LogP contribution is 2.19.